The lowest BCUT2D eigenvalue weighted by Crippen LogP contribution is -2.40. The largest absolute Gasteiger partial charge is 0.496 e. The Morgan fingerprint density at radius 3 is 2.67 bits per heavy atom. The van der Waals surface area contributed by atoms with Crippen LogP contribution in [0.2, 0.25) is 0 Å². The number of hydrogen-bond acceptors (Lipinski definition) is 5. The van der Waals surface area contributed by atoms with Gasteiger partial charge in [-0.15, -0.1) is 0 Å². The second kappa shape index (κ2) is 8.67. The number of H-pyrrole nitrogens is 1. The molecule has 30 heavy (non-hydrogen) atoms. The van der Waals surface area contributed by atoms with E-state index in [0.717, 1.165) is 42.6 Å². The van der Waals surface area contributed by atoms with Crippen molar-refractivity contribution in [2.75, 3.05) is 20.2 Å². The van der Waals surface area contributed by atoms with E-state index in [-0.39, 0.29) is 17.9 Å². The highest BCUT2D eigenvalue weighted by Gasteiger charge is 2.37. The van der Waals surface area contributed by atoms with Gasteiger partial charge >= 0.3 is 0 Å². The summed E-state index contributed by atoms with van der Waals surface area (Å²) in [5, 5.41) is 10.5. The van der Waals surface area contributed by atoms with Crippen molar-refractivity contribution < 1.29 is 9.53 Å². The number of amides is 1. The minimum atomic E-state index is -0.0694. The number of nitrogens with one attached hydrogen (secondary N) is 2. The van der Waals surface area contributed by atoms with E-state index in [9.17, 15) is 4.79 Å². The molecule has 0 aliphatic carbocycles. The zero-order chi connectivity index (χ0) is 21.1. The van der Waals surface area contributed by atoms with Gasteiger partial charge in [-0.3, -0.25) is 14.8 Å². The summed E-state index contributed by atoms with van der Waals surface area (Å²) >= 11 is 0. The predicted molar refractivity (Wildman–Crippen MR) is 115 cm³/mol. The quantitative estimate of drug-likeness (QED) is 0.659. The second-order valence-electron chi connectivity index (χ2n) is 7.83. The summed E-state index contributed by atoms with van der Waals surface area (Å²) in [6.07, 6.45) is 0. The first-order valence-electron chi connectivity index (χ1n) is 10.1. The molecule has 0 bridgehead atoms. The standard InChI is InChI=1S/C23H27N5O2/c1-15-11-17(9-10-21(15)30-3)12-28-13-19(22-24-16(2)26-27-22)20(14-28)25-23(29)18-7-5-4-6-8-18/h4-11,19-20H,12-14H2,1-3H3,(H,25,29)(H,24,26,27). The lowest BCUT2D eigenvalue weighted by molar-refractivity contribution is 0.0934. The van der Waals surface area contributed by atoms with E-state index in [0.29, 0.717) is 5.56 Å². The van der Waals surface area contributed by atoms with E-state index >= 15 is 0 Å². The first-order chi connectivity index (χ1) is 14.5. The Labute approximate surface area is 176 Å². The van der Waals surface area contributed by atoms with Crippen molar-refractivity contribution in [1.82, 2.24) is 25.4 Å². The van der Waals surface area contributed by atoms with Crippen molar-refractivity contribution in [3.05, 3.63) is 76.9 Å². The molecule has 1 fully saturated rings. The van der Waals surface area contributed by atoms with Crippen molar-refractivity contribution >= 4 is 5.91 Å². The number of aromatic amines is 1. The number of methoxy groups -OCH3 is 1. The predicted octanol–water partition coefficient (Wildman–Crippen LogP) is 2.83. The molecule has 0 radical (unpaired) electrons. The summed E-state index contributed by atoms with van der Waals surface area (Å²) in [5.41, 5.74) is 2.99. The molecule has 2 N–H and O–H groups in total. The van der Waals surface area contributed by atoms with Crippen molar-refractivity contribution in [1.29, 1.82) is 0 Å². The lowest BCUT2D eigenvalue weighted by Gasteiger charge is -2.18. The van der Waals surface area contributed by atoms with Gasteiger partial charge < -0.3 is 10.1 Å². The Morgan fingerprint density at radius 2 is 2.00 bits per heavy atom. The Kier molecular flexibility index (Phi) is 5.81. The summed E-state index contributed by atoms with van der Waals surface area (Å²) in [6, 6.07) is 15.5. The van der Waals surface area contributed by atoms with Gasteiger partial charge in [-0.05, 0) is 43.2 Å². The molecule has 0 saturated carbocycles. The van der Waals surface area contributed by atoms with E-state index in [1.165, 1.54) is 5.56 Å². The molecule has 3 aromatic rings. The first kappa shape index (κ1) is 20.1. The van der Waals surface area contributed by atoms with Crippen LogP contribution in [0.5, 0.6) is 5.75 Å². The van der Waals surface area contributed by atoms with Gasteiger partial charge in [-0.2, -0.15) is 5.10 Å². The van der Waals surface area contributed by atoms with Gasteiger partial charge in [0.2, 0.25) is 0 Å². The molecule has 2 heterocycles. The molecule has 156 valence electrons. The maximum atomic E-state index is 12.8. The lowest BCUT2D eigenvalue weighted by atomic mass is 10.0. The molecule has 1 aromatic heterocycles. The van der Waals surface area contributed by atoms with Crippen LogP contribution in [0.1, 0.15) is 39.1 Å². The molecule has 1 aliphatic rings. The maximum absolute atomic E-state index is 12.8. The summed E-state index contributed by atoms with van der Waals surface area (Å²) in [4.78, 5) is 19.7. The highest BCUT2D eigenvalue weighted by molar-refractivity contribution is 5.94. The number of aryl methyl sites for hydroxylation is 2. The van der Waals surface area contributed by atoms with Gasteiger partial charge in [0, 0.05) is 25.2 Å². The number of rotatable bonds is 6. The minimum absolute atomic E-state index is 0.0296. The molecule has 0 spiro atoms. The Morgan fingerprint density at radius 1 is 1.20 bits per heavy atom. The fourth-order valence-corrected chi connectivity index (χ4v) is 4.09. The van der Waals surface area contributed by atoms with E-state index in [1.54, 1.807) is 7.11 Å². The molecule has 7 nitrogen and oxygen atoms in total. The van der Waals surface area contributed by atoms with Crippen LogP contribution in [0, 0.1) is 13.8 Å². The van der Waals surface area contributed by atoms with Gasteiger partial charge in [0.25, 0.3) is 5.91 Å². The number of carbonyl (C=O) groups excluding carboxylic acids is 1. The molecule has 1 amide bonds. The van der Waals surface area contributed by atoms with Crippen molar-refractivity contribution in [3.8, 4) is 5.75 Å². The molecule has 1 saturated heterocycles. The number of likely N-dealkylation sites (tertiary alicyclic amines) is 1. The van der Waals surface area contributed by atoms with Crippen LogP contribution >= 0.6 is 0 Å². The maximum Gasteiger partial charge on any atom is 0.251 e. The molecule has 2 unspecified atom stereocenters. The van der Waals surface area contributed by atoms with Crippen LogP contribution in [-0.2, 0) is 6.54 Å². The summed E-state index contributed by atoms with van der Waals surface area (Å²) in [6.45, 7) is 6.25. The van der Waals surface area contributed by atoms with Crippen LogP contribution in [0.15, 0.2) is 48.5 Å². The molecule has 7 heteroatoms. The van der Waals surface area contributed by atoms with Gasteiger partial charge in [0.1, 0.15) is 11.6 Å². The highest BCUT2D eigenvalue weighted by Crippen LogP contribution is 2.28. The van der Waals surface area contributed by atoms with Crippen molar-refractivity contribution in [2.45, 2.75) is 32.4 Å². The zero-order valence-corrected chi connectivity index (χ0v) is 17.6. The molecular weight excluding hydrogens is 378 g/mol. The highest BCUT2D eigenvalue weighted by atomic mass is 16.5. The first-order valence-corrected chi connectivity index (χ1v) is 10.1. The third-order valence-electron chi connectivity index (χ3n) is 5.56. The Balaban J connectivity index is 1.52. The van der Waals surface area contributed by atoms with Gasteiger partial charge in [0.15, 0.2) is 5.82 Å². The van der Waals surface area contributed by atoms with E-state index in [4.69, 9.17) is 4.74 Å². The number of carbonyl (C=O) groups is 1. The summed E-state index contributed by atoms with van der Waals surface area (Å²) in [7, 11) is 1.69. The third kappa shape index (κ3) is 4.36. The zero-order valence-electron chi connectivity index (χ0n) is 17.6. The Bertz CT molecular complexity index is 1020. The van der Waals surface area contributed by atoms with E-state index < -0.39 is 0 Å². The van der Waals surface area contributed by atoms with Crippen LogP contribution < -0.4 is 10.1 Å². The average Bonchev–Trinajstić information content (AvgIpc) is 3.34. The van der Waals surface area contributed by atoms with Gasteiger partial charge in [-0.1, -0.05) is 30.3 Å². The smallest absolute Gasteiger partial charge is 0.251 e. The van der Waals surface area contributed by atoms with Crippen molar-refractivity contribution in [3.63, 3.8) is 0 Å². The van der Waals surface area contributed by atoms with E-state index in [1.807, 2.05) is 43.3 Å². The third-order valence-corrected chi connectivity index (χ3v) is 5.56. The summed E-state index contributed by atoms with van der Waals surface area (Å²) in [5.74, 6) is 2.38. The van der Waals surface area contributed by atoms with Gasteiger partial charge in [-0.25, -0.2) is 4.98 Å². The molecule has 1 aliphatic heterocycles. The fraction of sp³-hybridized carbons (Fsp3) is 0.348. The molecule has 2 aromatic carbocycles. The van der Waals surface area contributed by atoms with Crippen LogP contribution in [0.3, 0.4) is 0 Å². The summed E-state index contributed by atoms with van der Waals surface area (Å²) < 4.78 is 5.37. The number of ether oxygens (including phenoxy) is 1. The minimum Gasteiger partial charge on any atom is -0.496 e. The topological polar surface area (TPSA) is 83.1 Å². The number of hydrogen-bond donors (Lipinski definition) is 2. The van der Waals surface area contributed by atoms with Crippen LogP contribution in [0.25, 0.3) is 0 Å². The van der Waals surface area contributed by atoms with Gasteiger partial charge in [0.05, 0.1) is 19.1 Å². The van der Waals surface area contributed by atoms with Crippen molar-refractivity contribution in [2.24, 2.45) is 0 Å². The fourth-order valence-electron chi connectivity index (χ4n) is 4.09. The SMILES string of the molecule is COc1ccc(CN2CC(NC(=O)c3ccccc3)C(c3n[nH]c(C)n3)C2)cc1C. The number of nitrogens with zero attached hydrogens (tertiary/aromatic N) is 3. The monoisotopic (exact) mass is 405 g/mol. The average molecular weight is 406 g/mol. The van der Waals surface area contributed by atoms with Crippen LogP contribution in [-0.4, -0.2) is 52.2 Å². The van der Waals surface area contributed by atoms with E-state index in [2.05, 4.69) is 44.5 Å². The second-order valence-corrected chi connectivity index (χ2v) is 7.83. The molecular formula is C23H27N5O2. The molecule has 4 rings (SSSR count). The number of aromatic nitrogens is 3. The number of benzene rings is 2. The Hall–Kier alpha value is -3.19. The normalized spacial score (nSPS) is 19.0. The molecule has 2 atom stereocenters. The van der Waals surface area contributed by atoms with Crippen LogP contribution in [0.4, 0.5) is 0 Å².